The Bertz CT molecular complexity index is 898. The molecular weight excluding hydrogens is 379 g/mol. The van der Waals surface area contributed by atoms with Crippen LogP contribution in [0.1, 0.15) is 11.1 Å². The van der Waals surface area contributed by atoms with Crippen molar-refractivity contribution in [2.24, 2.45) is 5.10 Å². The van der Waals surface area contributed by atoms with Gasteiger partial charge in [-0.05, 0) is 24.3 Å². The first kappa shape index (κ1) is 17.5. The van der Waals surface area contributed by atoms with E-state index in [1.807, 2.05) is 24.3 Å². The van der Waals surface area contributed by atoms with Gasteiger partial charge < -0.3 is 10.5 Å². The fourth-order valence-electron chi connectivity index (χ4n) is 2.02. The molecule has 5 nitrogen and oxygen atoms in total. The lowest BCUT2D eigenvalue weighted by atomic mass is 10.2. The Labute approximate surface area is 159 Å². The van der Waals surface area contributed by atoms with Crippen LogP contribution in [-0.4, -0.2) is 11.2 Å². The molecule has 3 aromatic rings. The van der Waals surface area contributed by atoms with Crippen molar-refractivity contribution in [3.8, 4) is 5.75 Å². The highest BCUT2D eigenvalue weighted by atomic mass is 35.5. The lowest BCUT2D eigenvalue weighted by Crippen LogP contribution is -2.00. The summed E-state index contributed by atoms with van der Waals surface area (Å²) in [6.07, 6.45) is 1.62. The van der Waals surface area contributed by atoms with Crippen LogP contribution in [0.3, 0.4) is 0 Å². The average molecular weight is 393 g/mol. The first-order valence-electron chi connectivity index (χ1n) is 7.27. The summed E-state index contributed by atoms with van der Waals surface area (Å²) >= 11 is 13.6. The van der Waals surface area contributed by atoms with E-state index in [0.29, 0.717) is 33.4 Å². The molecule has 3 N–H and O–H groups in total. The van der Waals surface area contributed by atoms with Crippen molar-refractivity contribution >= 4 is 51.7 Å². The predicted molar refractivity (Wildman–Crippen MR) is 105 cm³/mol. The maximum atomic E-state index is 6.16. The van der Waals surface area contributed by atoms with Crippen LogP contribution in [0.25, 0.3) is 0 Å². The number of ether oxygens (including phenoxy) is 1. The third kappa shape index (κ3) is 4.85. The zero-order chi connectivity index (χ0) is 17.6. The van der Waals surface area contributed by atoms with E-state index in [1.54, 1.807) is 29.8 Å². The van der Waals surface area contributed by atoms with E-state index in [-0.39, 0.29) is 0 Å². The second-order valence-electron chi connectivity index (χ2n) is 5.01. The molecular formula is C17H14Cl2N4OS. The van der Waals surface area contributed by atoms with E-state index in [1.165, 1.54) is 11.3 Å². The van der Waals surface area contributed by atoms with E-state index in [0.717, 1.165) is 11.1 Å². The van der Waals surface area contributed by atoms with Gasteiger partial charge in [-0.25, -0.2) is 4.98 Å². The van der Waals surface area contributed by atoms with Gasteiger partial charge >= 0.3 is 0 Å². The van der Waals surface area contributed by atoms with E-state index in [4.69, 9.17) is 33.7 Å². The lowest BCUT2D eigenvalue weighted by molar-refractivity contribution is 0.306. The highest BCUT2D eigenvalue weighted by molar-refractivity contribution is 7.14. The maximum Gasteiger partial charge on any atom is 0.205 e. The largest absolute Gasteiger partial charge is 0.488 e. The minimum atomic E-state index is 0.346. The topological polar surface area (TPSA) is 72.5 Å². The minimum Gasteiger partial charge on any atom is -0.488 e. The van der Waals surface area contributed by atoms with Gasteiger partial charge in [0.1, 0.15) is 18.2 Å². The number of rotatable bonds is 6. The molecule has 2 aromatic carbocycles. The van der Waals surface area contributed by atoms with Crippen LogP contribution in [0.5, 0.6) is 5.75 Å². The monoisotopic (exact) mass is 392 g/mol. The molecule has 0 spiro atoms. The lowest BCUT2D eigenvalue weighted by Gasteiger charge is -2.10. The molecule has 0 amide bonds. The molecule has 3 rings (SSSR count). The molecule has 0 unspecified atom stereocenters. The summed E-state index contributed by atoms with van der Waals surface area (Å²) in [5.74, 6) is 1.10. The van der Waals surface area contributed by atoms with Crippen molar-refractivity contribution in [3.05, 3.63) is 69.0 Å². The summed E-state index contributed by atoms with van der Waals surface area (Å²) in [4.78, 5) is 4.07. The number of nitrogens with two attached hydrogens (primary N) is 1. The number of benzene rings is 2. The molecule has 0 saturated carbocycles. The molecule has 0 saturated heterocycles. The number of nitrogen functional groups attached to an aromatic ring is 1. The number of hydrogen-bond acceptors (Lipinski definition) is 6. The molecule has 0 bridgehead atoms. The molecule has 0 fully saturated rings. The number of aromatic nitrogens is 1. The zero-order valence-corrected chi connectivity index (χ0v) is 15.3. The van der Waals surface area contributed by atoms with Crippen LogP contribution in [0.2, 0.25) is 10.0 Å². The molecule has 128 valence electrons. The summed E-state index contributed by atoms with van der Waals surface area (Å²) < 4.78 is 5.87. The molecule has 1 aromatic heterocycles. The van der Waals surface area contributed by atoms with E-state index in [2.05, 4.69) is 15.5 Å². The third-order valence-electron chi connectivity index (χ3n) is 3.20. The van der Waals surface area contributed by atoms with Crippen LogP contribution < -0.4 is 15.9 Å². The number of nitrogens with one attached hydrogen (secondary N) is 1. The Morgan fingerprint density at radius 3 is 2.84 bits per heavy atom. The van der Waals surface area contributed by atoms with Gasteiger partial charge in [-0.1, -0.05) is 41.4 Å². The molecule has 0 radical (unpaired) electrons. The maximum absolute atomic E-state index is 6.16. The number of hydrogen-bond donors (Lipinski definition) is 2. The summed E-state index contributed by atoms with van der Waals surface area (Å²) in [6, 6.07) is 12.9. The first-order chi connectivity index (χ1) is 12.1. The Hall–Kier alpha value is -2.28. The summed E-state index contributed by atoms with van der Waals surface area (Å²) in [6.45, 7) is 0.346. The smallest absolute Gasteiger partial charge is 0.205 e. The molecule has 0 aliphatic heterocycles. The van der Waals surface area contributed by atoms with Gasteiger partial charge in [0, 0.05) is 26.6 Å². The van der Waals surface area contributed by atoms with Gasteiger partial charge in [0.15, 0.2) is 0 Å². The summed E-state index contributed by atoms with van der Waals surface area (Å²) in [7, 11) is 0. The number of hydrazone groups is 1. The van der Waals surface area contributed by atoms with Crippen molar-refractivity contribution < 1.29 is 4.74 Å². The SMILES string of the molecule is Nc1csc(NN=Cc2cc(Cl)ccc2OCc2ccccc2Cl)n1. The van der Waals surface area contributed by atoms with E-state index in [9.17, 15) is 0 Å². The molecule has 25 heavy (non-hydrogen) atoms. The summed E-state index contributed by atoms with van der Waals surface area (Å²) in [5, 5.41) is 7.74. The number of nitrogens with zero attached hydrogens (tertiary/aromatic N) is 2. The molecule has 8 heteroatoms. The first-order valence-corrected chi connectivity index (χ1v) is 8.91. The van der Waals surface area contributed by atoms with Gasteiger partial charge in [-0.2, -0.15) is 5.10 Å². The fraction of sp³-hybridized carbons (Fsp3) is 0.0588. The number of halogens is 2. The second-order valence-corrected chi connectivity index (χ2v) is 6.71. The Morgan fingerprint density at radius 2 is 2.08 bits per heavy atom. The second kappa shape index (κ2) is 8.20. The quantitative estimate of drug-likeness (QED) is 0.454. The highest BCUT2D eigenvalue weighted by Crippen LogP contribution is 2.24. The number of thiazole rings is 1. The third-order valence-corrected chi connectivity index (χ3v) is 4.57. The van der Waals surface area contributed by atoms with Gasteiger partial charge in [-0.3, -0.25) is 5.43 Å². The van der Waals surface area contributed by atoms with Crippen molar-refractivity contribution in [1.82, 2.24) is 4.98 Å². The van der Waals surface area contributed by atoms with Crippen molar-refractivity contribution in [3.63, 3.8) is 0 Å². The van der Waals surface area contributed by atoms with Gasteiger partial charge in [0.25, 0.3) is 0 Å². The fourth-order valence-corrected chi connectivity index (χ4v) is 2.94. The molecule has 0 atom stereocenters. The normalized spacial score (nSPS) is 11.0. The Kier molecular flexibility index (Phi) is 5.75. The van der Waals surface area contributed by atoms with Crippen LogP contribution in [0.15, 0.2) is 52.9 Å². The van der Waals surface area contributed by atoms with Gasteiger partial charge in [-0.15, -0.1) is 11.3 Å². The average Bonchev–Trinajstić information content (AvgIpc) is 3.01. The standard InChI is InChI=1S/C17H14Cl2N4OS/c18-13-5-6-15(24-9-11-3-1-2-4-14(11)19)12(7-13)8-21-23-17-22-16(20)10-25-17/h1-8,10H,9,20H2,(H,22,23). The van der Waals surface area contributed by atoms with Crippen LogP contribution >= 0.6 is 34.5 Å². The van der Waals surface area contributed by atoms with Crippen molar-refractivity contribution in [2.45, 2.75) is 6.61 Å². The molecule has 1 heterocycles. The van der Waals surface area contributed by atoms with E-state index < -0.39 is 0 Å². The minimum absolute atomic E-state index is 0.346. The predicted octanol–water partition coefficient (Wildman–Crippen LogP) is 5.06. The van der Waals surface area contributed by atoms with E-state index >= 15 is 0 Å². The molecule has 0 aliphatic rings. The van der Waals surface area contributed by atoms with Crippen molar-refractivity contribution in [1.29, 1.82) is 0 Å². The highest BCUT2D eigenvalue weighted by Gasteiger charge is 2.06. The van der Waals surface area contributed by atoms with Gasteiger partial charge in [0.05, 0.1) is 6.21 Å². The number of anilines is 2. The Balaban J connectivity index is 1.72. The zero-order valence-electron chi connectivity index (χ0n) is 12.9. The van der Waals surface area contributed by atoms with Crippen molar-refractivity contribution in [2.75, 3.05) is 11.2 Å². The van der Waals surface area contributed by atoms with Crippen LogP contribution in [-0.2, 0) is 6.61 Å². The van der Waals surface area contributed by atoms with Crippen LogP contribution in [0, 0.1) is 0 Å². The van der Waals surface area contributed by atoms with Gasteiger partial charge in [0.2, 0.25) is 5.13 Å². The molecule has 0 aliphatic carbocycles. The Morgan fingerprint density at radius 1 is 1.24 bits per heavy atom. The van der Waals surface area contributed by atoms with Crippen LogP contribution in [0.4, 0.5) is 10.9 Å². The summed E-state index contributed by atoms with van der Waals surface area (Å²) in [5.41, 5.74) is 10.0.